The number of halogens is 2. The third-order valence-electron chi connectivity index (χ3n) is 5.59. The van der Waals surface area contributed by atoms with Crippen molar-refractivity contribution >= 4 is 22.8 Å². The molecule has 0 atom stereocenters. The minimum absolute atomic E-state index is 0.148. The van der Waals surface area contributed by atoms with Gasteiger partial charge in [0, 0.05) is 44.5 Å². The van der Waals surface area contributed by atoms with Crippen LogP contribution in [0.3, 0.4) is 0 Å². The summed E-state index contributed by atoms with van der Waals surface area (Å²) in [6.07, 6.45) is -0.526. The number of aromatic nitrogens is 5. The molecule has 1 aromatic carbocycles. The first-order valence-electron chi connectivity index (χ1n) is 10.8. The number of pyridine rings is 1. The average molecular weight is 454 g/mol. The summed E-state index contributed by atoms with van der Waals surface area (Å²) in [6.45, 7) is 5.22. The van der Waals surface area contributed by atoms with E-state index in [9.17, 15) is 8.78 Å². The van der Waals surface area contributed by atoms with E-state index < -0.39 is 6.43 Å². The smallest absolute Gasteiger partial charge is 0.257 e. The number of nitrogens with one attached hydrogen (secondary N) is 2. The minimum Gasteiger partial charge on any atom is -0.334 e. The summed E-state index contributed by atoms with van der Waals surface area (Å²) >= 11 is 0. The van der Waals surface area contributed by atoms with Crippen molar-refractivity contribution in [2.24, 2.45) is 0 Å². The van der Waals surface area contributed by atoms with Crippen molar-refractivity contribution in [3.8, 4) is 11.5 Å². The third kappa shape index (κ3) is 5.15. The van der Waals surface area contributed by atoms with Gasteiger partial charge in [0.05, 0.1) is 17.6 Å². The third-order valence-corrected chi connectivity index (χ3v) is 5.59. The van der Waals surface area contributed by atoms with Crippen LogP contribution in [-0.2, 0) is 6.54 Å². The number of hydrogen-bond acceptors (Lipinski definition) is 8. The van der Waals surface area contributed by atoms with E-state index in [0.29, 0.717) is 36.6 Å². The van der Waals surface area contributed by atoms with E-state index in [1.807, 2.05) is 35.2 Å². The van der Waals surface area contributed by atoms with Crippen LogP contribution in [-0.4, -0.2) is 74.0 Å². The molecule has 1 fully saturated rings. The number of nitrogens with zero attached hydrogens (tertiary/aromatic N) is 6. The summed E-state index contributed by atoms with van der Waals surface area (Å²) in [7, 11) is 0. The topological polar surface area (TPSA) is 99.0 Å². The van der Waals surface area contributed by atoms with Crippen molar-refractivity contribution < 1.29 is 13.3 Å². The second-order valence-electron chi connectivity index (χ2n) is 8.11. The van der Waals surface area contributed by atoms with Gasteiger partial charge >= 0.3 is 0 Å². The summed E-state index contributed by atoms with van der Waals surface area (Å²) < 4.78 is 30.4. The highest BCUT2D eigenvalue weighted by molar-refractivity contribution is 5.82. The van der Waals surface area contributed by atoms with Gasteiger partial charge in [-0.05, 0) is 42.8 Å². The molecule has 0 bridgehead atoms. The minimum atomic E-state index is -2.28. The second kappa shape index (κ2) is 9.20. The Morgan fingerprint density at radius 3 is 2.67 bits per heavy atom. The molecule has 0 aliphatic carbocycles. The van der Waals surface area contributed by atoms with Crippen molar-refractivity contribution in [2.45, 2.75) is 19.9 Å². The van der Waals surface area contributed by atoms with Crippen LogP contribution in [0.1, 0.15) is 11.4 Å². The first kappa shape index (κ1) is 21.4. The first-order valence-corrected chi connectivity index (χ1v) is 10.8. The molecule has 1 aliphatic rings. The molecular weight excluding hydrogens is 430 g/mol. The van der Waals surface area contributed by atoms with Crippen LogP contribution in [0, 0.1) is 6.92 Å². The highest BCUT2D eigenvalue weighted by atomic mass is 19.3. The molecule has 0 unspecified atom stereocenters. The zero-order valence-corrected chi connectivity index (χ0v) is 18.1. The molecule has 33 heavy (non-hydrogen) atoms. The second-order valence-corrected chi connectivity index (χ2v) is 8.11. The fourth-order valence-corrected chi connectivity index (χ4v) is 3.96. The summed E-state index contributed by atoms with van der Waals surface area (Å²) in [5.74, 6) is 2.30. The number of piperazine rings is 1. The summed E-state index contributed by atoms with van der Waals surface area (Å²) in [4.78, 5) is 20.6. The van der Waals surface area contributed by atoms with E-state index in [1.54, 1.807) is 13.1 Å². The number of fused-ring (bicyclic) bond motifs is 1. The zero-order chi connectivity index (χ0) is 22.8. The lowest BCUT2D eigenvalue weighted by Gasteiger charge is -2.34. The number of rotatable bonds is 7. The lowest BCUT2D eigenvalue weighted by molar-refractivity contribution is 0.0543. The molecular formula is C22H24F2N8O. The van der Waals surface area contributed by atoms with E-state index in [1.165, 1.54) is 0 Å². The fraction of sp³-hybridized carbons (Fsp3) is 0.364. The molecule has 11 heteroatoms. The number of aromatic amines is 1. The van der Waals surface area contributed by atoms with Crippen molar-refractivity contribution in [3.05, 3.63) is 47.9 Å². The van der Waals surface area contributed by atoms with Crippen LogP contribution < -0.4 is 5.32 Å². The largest absolute Gasteiger partial charge is 0.334 e. The van der Waals surface area contributed by atoms with E-state index >= 15 is 0 Å². The van der Waals surface area contributed by atoms with Gasteiger partial charge in [-0.3, -0.25) is 9.80 Å². The number of benzene rings is 1. The maximum absolute atomic E-state index is 12.6. The van der Waals surface area contributed by atoms with Gasteiger partial charge in [0.2, 0.25) is 5.95 Å². The van der Waals surface area contributed by atoms with Crippen molar-refractivity contribution in [3.63, 3.8) is 0 Å². The molecule has 1 saturated heterocycles. The van der Waals surface area contributed by atoms with Crippen molar-refractivity contribution in [1.82, 2.24) is 34.9 Å². The number of imidazole rings is 1. The molecule has 0 radical (unpaired) electrons. The zero-order valence-electron chi connectivity index (χ0n) is 18.1. The monoisotopic (exact) mass is 454 g/mol. The quantitative estimate of drug-likeness (QED) is 0.438. The lowest BCUT2D eigenvalue weighted by atomic mass is 10.2. The lowest BCUT2D eigenvalue weighted by Crippen LogP contribution is -2.47. The average Bonchev–Trinajstić information content (AvgIpc) is 3.40. The molecule has 3 aromatic heterocycles. The molecule has 4 heterocycles. The van der Waals surface area contributed by atoms with Gasteiger partial charge in [-0.15, -0.1) is 0 Å². The summed E-state index contributed by atoms with van der Waals surface area (Å²) in [5.41, 5.74) is 3.55. The van der Waals surface area contributed by atoms with Gasteiger partial charge in [0.1, 0.15) is 5.82 Å². The Morgan fingerprint density at radius 2 is 1.91 bits per heavy atom. The normalized spacial score (nSPS) is 15.5. The van der Waals surface area contributed by atoms with Crippen LogP contribution in [0.25, 0.3) is 22.5 Å². The molecule has 0 spiro atoms. The molecule has 2 N–H and O–H groups in total. The van der Waals surface area contributed by atoms with Crippen molar-refractivity contribution in [2.75, 3.05) is 38.0 Å². The Kier molecular flexibility index (Phi) is 5.97. The summed E-state index contributed by atoms with van der Waals surface area (Å²) in [6, 6.07) is 9.64. The highest BCUT2D eigenvalue weighted by Gasteiger charge is 2.19. The number of anilines is 2. The Balaban J connectivity index is 1.24. The first-order chi connectivity index (χ1) is 16.0. The molecule has 9 nitrogen and oxygen atoms in total. The number of H-pyrrole nitrogens is 1. The van der Waals surface area contributed by atoms with Gasteiger partial charge in [-0.25, -0.2) is 18.7 Å². The molecule has 4 aromatic rings. The van der Waals surface area contributed by atoms with Gasteiger partial charge < -0.3 is 14.8 Å². The van der Waals surface area contributed by atoms with Crippen LogP contribution in [0.2, 0.25) is 0 Å². The Morgan fingerprint density at radius 1 is 1.09 bits per heavy atom. The van der Waals surface area contributed by atoms with Crippen LogP contribution in [0.5, 0.6) is 0 Å². The van der Waals surface area contributed by atoms with Gasteiger partial charge in [-0.1, -0.05) is 5.16 Å². The van der Waals surface area contributed by atoms with Crippen molar-refractivity contribution in [1.29, 1.82) is 0 Å². The highest BCUT2D eigenvalue weighted by Crippen LogP contribution is 2.24. The van der Waals surface area contributed by atoms with E-state index in [-0.39, 0.29) is 6.54 Å². The molecule has 5 rings (SSSR count). The SMILES string of the molecule is Cc1noc(-c2ccc3nc(Nc4cc(CN5CCN(CC(F)F)CC5)ccn4)[nH]c3c2)n1. The predicted octanol–water partition coefficient (Wildman–Crippen LogP) is 3.44. The maximum Gasteiger partial charge on any atom is 0.257 e. The van der Waals surface area contributed by atoms with Crippen LogP contribution >= 0.6 is 0 Å². The van der Waals surface area contributed by atoms with E-state index in [4.69, 9.17) is 4.52 Å². The van der Waals surface area contributed by atoms with Crippen LogP contribution in [0.15, 0.2) is 41.1 Å². The predicted molar refractivity (Wildman–Crippen MR) is 119 cm³/mol. The maximum atomic E-state index is 12.6. The van der Waals surface area contributed by atoms with Gasteiger partial charge in [0.25, 0.3) is 12.3 Å². The number of hydrogen-bond donors (Lipinski definition) is 2. The standard InChI is InChI=1S/C22H24F2N8O/c1-14-26-21(33-30-14)16-2-3-17-18(11-16)28-22(27-17)29-20-10-15(4-5-25-20)12-31-6-8-32(9-7-31)13-19(23)24/h2-5,10-11,19H,6-9,12-13H2,1H3,(H2,25,27,28,29). The van der Waals surface area contributed by atoms with E-state index in [0.717, 1.165) is 41.8 Å². The molecule has 0 saturated carbocycles. The van der Waals surface area contributed by atoms with E-state index in [2.05, 4.69) is 35.3 Å². The van der Waals surface area contributed by atoms with Gasteiger partial charge in [0.15, 0.2) is 5.82 Å². The number of aryl methyl sites for hydroxylation is 1. The fourth-order valence-electron chi connectivity index (χ4n) is 3.96. The summed E-state index contributed by atoms with van der Waals surface area (Å²) in [5, 5.41) is 7.05. The number of alkyl halides is 2. The Hall–Kier alpha value is -3.44. The van der Waals surface area contributed by atoms with Gasteiger partial charge in [-0.2, -0.15) is 4.98 Å². The Bertz CT molecular complexity index is 1230. The van der Waals surface area contributed by atoms with Crippen LogP contribution in [0.4, 0.5) is 20.5 Å². The molecule has 0 amide bonds. The Labute approximate surface area is 188 Å². The molecule has 172 valence electrons. The molecule has 1 aliphatic heterocycles.